The highest BCUT2D eigenvalue weighted by molar-refractivity contribution is 5.85. The predicted octanol–water partition coefficient (Wildman–Crippen LogP) is 2.60. The molecular weight excluding hydrogens is 292 g/mol. The number of fused-ring (bicyclic) bond motifs is 1. The van der Waals surface area contributed by atoms with Crippen molar-refractivity contribution < 1.29 is 4.74 Å². The van der Waals surface area contributed by atoms with Crippen molar-refractivity contribution in [3.63, 3.8) is 0 Å². The second-order valence-electron chi connectivity index (χ2n) is 5.33. The molecule has 0 amide bonds. The first-order valence-corrected chi connectivity index (χ1v) is 7.13. The minimum Gasteiger partial charge on any atom is -0.435 e. The summed E-state index contributed by atoms with van der Waals surface area (Å²) in [4.78, 5) is 12.8. The van der Waals surface area contributed by atoms with Crippen LogP contribution >= 0.6 is 0 Å². The zero-order chi connectivity index (χ0) is 16.4. The van der Waals surface area contributed by atoms with Crippen LogP contribution in [-0.4, -0.2) is 34.1 Å². The molecule has 3 rings (SSSR count). The van der Waals surface area contributed by atoms with E-state index >= 15 is 0 Å². The first-order valence-electron chi connectivity index (χ1n) is 7.13. The molecule has 2 aromatic heterocycles. The number of nitrogens with one attached hydrogen (secondary N) is 1. The van der Waals surface area contributed by atoms with Crippen molar-refractivity contribution in [1.82, 2.24) is 20.0 Å². The molecule has 3 N–H and O–H groups in total. The molecule has 23 heavy (non-hydrogen) atoms. The maximum absolute atomic E-state index is 6.09. The molecule has 0 saturated carbocycles. The van der Waals surface area contributed by atoms with Crippen molar-refractivity contribution in [2.45, 2.75) is 6.92 Å². The molecule has 1 aromatic carbocycles. The molecule has 3 aromatic rings. The summed E-state index contributed by atoms with van der Waals surface area (Å²) >= 11 is 0. The summed E-state index contributed by atoms with van der Waals surface area (Å²) in [7, 11) is 3.69. The second-order valence-corrected chi connectivity index (χ2v) is 5.33. The Labute approximate surface area is 134 Å². The monoisotopic (exact) mass is 310 g/mol. The van der Waals surface area contributed by atoms with Gasteiger partial charge in [0.1, 0.15) is 17.5 Å². The highest BCUT2D eigenvalue weighted by Crippen LogP contribution is 2.32. The number of aromatic nitrogens is 3. The normalized spacial score (nSPS) is 11.0. The number of nitrogens with zero attached hydrogens (tertiary/aromatic N) is 4. The van der Waals surface area contributed by atoms with Crippen LogP contribution in [0, 0.1) is 6.92 Å². The van der Waals surface area contributed by atoms with Gasteiger partial charge >= 0.3 is 0 Å². The number of nitrogen functional groups attached to an aromatic ring is 1. The fraction of sp³-hybridized carbons (Fsp3) is 0.188. The summed E-state index contributed by atoms with van der Waals surface area (Å²) in [6.45, 7) is 1.94. The van der Waals surface area contributed by atoms with E-state index in [0.717, 1.165) is 16.6 Å². The number of pyridine rings is 1. The van der Waals surface area contributed by atoms with E-state index in [1.54, 1.807) is 5.01 Å². The van der Waals surface area contributed by atoms with Crippen molar-refractivity contribution in [2.75, 3.05) is 25.3 Å². The molecule has 0 spiro atoms. The lowest BCUT2D eigenvalue weighted by atomic mass is 10.2. The summed E-state index contributed by atoms with van der Waals surface area (Å²) in [5.41, 5.74) is 11.1. The molecule has 7 heteroatoms. The second kappa shape index (κ2) is 6.05. The predicted molar refractivity (Wildman–Crippen MR) is 90.3 cm³/mol. The van der Waals surface area contributed by atoms with Gasteiger partial charge in [0.05, 0.1) is 0 Å². The number of para-hydroxylation sites is 1. The van der Waals surface area contributed by atoms with Crippen LogP contribution in [0.4, 0.5) is 11.5 Å². The minimum atomic E-state index is 0.292. The third-order valence-electron chi connectivity index (χ3n) is 3.21. The van der Waals surface area contributed by atoms with Crippen LogP contribution in [0.15, 0.2) is 36.7 Å². The average molecular weight is 310 g/mol. The van der Waals surface area contributed by atoms with Gasteiger partial charge in [0.25, 0.3) is 0 Å². The lowest BCUT2D eigenvalue weighted by Gasteiger charge is -2.16. The molecule has 0 unspecified atom stereocenters. The van der Waals surface area contributed by atoms with E-state index in [1.165, 1.54) is 6.33 Å². The Morgan fingerprint density at radius 3 is 2.74 bits per heavy atom. The van der Waals surface area contributed by atoms with Gasteiger partial charge in [-0.3, -0.25) is 0 Å². The van der Waals surface area contributed by atoms with Crippen molar-refractivity contribution >= 4 is 22.4 Å². The number of hydrogen-bond acceptors (Lipinski definition) is 7. The van der Waals surface area contributed by atoms with Crippen LogP contribution in [0.5, 0.6) is 11.6 Å². The van der Waals surface area contributed by atoms with E-state index in [4.69, 9.17) is 10.5 Å². The van der Waals surface area contributed by atoms with Crippen LogP contribution in [0.2, 0.25) is 0 Å². The Morgan fingerprint density at radius 1 is 1.13 bits per heavy atom. The van der Waals surface area contributed by atoms with Gasteiger partial charge < -0.3 is 15.9 Å². The Kier molecular flexibility index (Phi) is 3.94. The molecule has 0 saturated heterocycles. The van der Waals surface area contributed by atoms with Crippen molar-refractivity contribution in [3.05, 3.63) is 42.4 Å². The van der Waals surface area contributed by atoms with Crippen molar-refractivity contribution in [2.24, 2.45) is 0 Å². The Morgan fingerprint density at radius 2 is 1.96 bits per heavy atom. The third-order valence-corrected chi connectivity index (χ3v) is 3.21. The first-order chi connectivity index (χ1) is 11.0. The van der Waals surface area contributed by atoms with Gasteiger partial charge in [-0.25, -0.2) is 15.0 Å². The zero-order valence-electron chi connectivity index (χ0n) is 13.2. The lowest BCUT2D eigenvalue weighted by Crippen LogP contribution is -2.21. The number of nitrogens with two attached hydrogens (primary N) is 1. The molecule has 0 aliphatic rings. The van der Waals surface area contributed by atoms with Crippen LogP contribution in [-0.2, 0) is 0 Å². The number of rotatable bonds is 4. The summed E-state index contributed by atoms with van der Waals surface area (Å²) in [5.74, 6) is 1.39. The molecule has 0 bridgehead atoms. The van der Waals surface area contributed by atoms with Gasteiger partial charge in [-0.1, -0.05) is 18.2 Å². The smallest absolute Gasteiger partial charge is 0.248 e. The summed E-state index contributed by atoms with van der Waals surface area (Å²) < 4.78 is 5.90. The third kappa shape index (κ3) is 3.14. The number of ether oxygens (including phenoxy) is 1. The van der Waals surface area contributed by atoms with E-state index in [2.05, 4.69) is 20.4 Å². The number of anilines is 2. The quantitative estimate of drug-likeness (QED) is 0.716. The fourth-order valence-corrected chi connectivity index (χ4v) is 2.17. The van der Waals surface area contributed by atoms with E-state index in [0.29, 0.717) is 23.1 Å². The summed E-state index contributed by atoms with van der Waals surface area (Å²) in [6.07, 6.45) is 1.40. The van der Waals surface area contributed by atoms with E-state index < -0.39 is 0 Å². The molecule has 118 valence electrons. The number of hydrazine groups is 1. The largest absolute Gasteiger partial charge is 0.435 e. The van der Waals surface area contributed by atoms with Gasteiger partial charge in [0.2, 0.25) is 5.88 Å². The molecule has 0 fully saturated rings. The number of hydrogen-bond donors (Lipinski definition) is 2. The SMILES string of the molecule is Cc1ccc2cccc(Oc3ncnc(NN(C)C)c3N)c2n1. The van der Waals surface area contributed by atoms with E-state index in [-0.39, 0.29) is 0 Å². The van der Waals surface area contributed by atoms with Gasteiger partial charge in [-0.15, -0.1) is 0 Å². The summed E-state index contributed by atoms with van der Waals surface area (Å²) in [5, 5.41) is 2.73. The van der Waals surface area contributed by atoms with Crippen LogP contribution < -0.4 is 15.9 Å². The molecular formula is C16H18N6O. The van der Waals surface area contributed by atoms with Gasteiger partial charge in [0, 0.05) is 25.2 Å². The lowest BCUT2D eigenvalue weighted by molar-refractivity contribution is 0.465. The van der Waals surface area contributed by atoms with Crippen LogP contribution in [0.3, 0.4) is 0 Å². The Hall–Kier alpha value is -2.93. The van der Waals surface area contributed by atoms with Crippen molar-refractivity contribution in [1.29, 1.82) is 0 Å². The molecule has 0 aliphatic heterocycles. The minimum absolute atomic E-state index is 0.292. The van der Waals surface area contributed by atoms with Crippen LogP contribution in [0.25, 0.3) is 10.9 Å². The van der Waals surface area contributed by atoms with Gasteiger partial charge in [-0.05, 0) is 19.1 Å². The summed E-state index contributed by atoms with van der Waals surface area (Å²) in [6, 6.07) is 9.70. The van der Waals surface area contributed by atoms with Crippen molar-refractivity contribution in [3.8, 4) is 11.6 Å². The molecule has 7 nitrogen and oxygen atoms in total. The maximum Gasteiger partial charge on any atom is 0.248 e. The maximum atomic E-state index is 6.09. The topological polar surface area (TPSA) is 89.2 Å². The first kappa shape index (κ1) is 15.0. The Bertz CT molecular complexity index is 849. The highest BCUT2D eigenvalue weighted by Gasteiger charge is 2.13. The zero-order valence-corrected chi connectivity index (χ0v) is 13.2. The number of aryl methyl sites for hydroxylation is 1. The van der Waals surface area contributed by atoms with E-state index in [1.807, 2.05) is 51.4 Å². The van der Waals surface area contributed by atoms with E-state index in [9.17, 15) is 0 Å². The molecule has 0 aliphatic carbocycles. The average Bonchev–Trinajstić information content (AvgIpc) is 2.51. The fourth-order valence-electron chi connectivity index (χ4n) is 2.17. The molecule has 2 heterocycles. The van der Waals surface area contributed by atoms with Crippen LogP contribution in [0.1, 0.15) is 5.69 Å². The standard InChI is InChI=1S/C16H18N6O/c1-10-7-8-11-5-4-6-12(14(11)20-10)23-16-13(17)15(18-9-19-16)21-22(2)3/h4-9H,17H2,1-3H3,(H,18,19,21). The molecule has 0 atom stereocenters. The Balaban J connectivity index is 2.01. The highest BCUT2D eigenvalue weighted by atomic mass is 16.5. The van der Waals surface area contributed by atoms with Gasteiger partial charge in [-0.2, -0.15) is 4.98 Å². The molecule has 0 radical (unpaired) electrons. The number of benzene rings is 1. The van der Waals surface area contributed by atoms with Gasteiger partial charge in [0.15, 0.2) is 11.6 Å².